The molecular formula is C36H67O13P. The molecule has 0 saturated heterocycles. The van der Waals surface area contributed by atoms with Crippen LogP contribution in [-0.4, -0.2) is 98.3 Å². The Morgan fingerprint density at radius 1 is 0.600 bits per heavy atom. The second-order valence-corrected chi connectivity index (χ2v) is 14.8. The Morgan fingerprint density at radius 2 is 1.02 bits per heavy atom. The van der Waals surface area contributed by atoms with Gasteiger partial charge in [0.15, 0.2) is 6.10 Å². The number of phosphoric acid groups is 1. The monoisotopic (exact) mass is 738 g/mol. The highest BCUT2D eigenvalue weighted by Gasteiger charge is 2.51. The Morgan fingerprint density at radius 3 is 1.56 bits per heavy atom. The van der Waals surface area contributed by atoms with Gasteiger partial charge in [0.2, 0.25) is 0 Å². The molecule has 0 spiro atoms. The van der Waals surface area contributed by atoms with Gasteiger partial charge < -0.3 is 39.9 Å². The molecule has 0 aromatic rings. The summed E-state index contributed by atoms with van der Waals surface area (Å²) in [5.74, 6) is -1.13. The maximum Gasteiger partial charge on any atom is 0.472 e. The number of aliphatic hydroxyl groups is 5. The number of allylic oxidation sites excluding steroid dienone is 2. The second kappa shape index (κ2) is 28.1. The molecule has 1 aliphatic rings. The highest BCUT2D eigenvalue weighted by Crippen LogP contribution is 2.47. The van der Waals surface area contributed by atoms with Crippen molar-refractivity contribution in [1.29, 1.82) is 0 Å². The number of hydrogen-bond acceptors (Lipinski definition) is 12. The maximum atomic E-state index is 12.6. The van der Waals surface area contributed by atoms with Gasteiger partial charge in [-0.25, -0.2) is 4.57 Å². The predicted molar refractivity (Wildman–Crippen MR) is 189 cm³/mol. The normalized spacial score (nSPS) is 24.2. The molecule has 294 valence electrons. The van der Waals surface area contributed by atoms with E-state index in [1.165, 1.54) is 64.2 Å². The lowest BCUT2D eigenvalue weighted by Gasteiger charge is -2.41. The van der Waals surface area contributed by atoms with Crippen LogP contribution in [0, 0.1) is 0 Å². The highest BCUT2D eigenvalue weighted by atomic mass is 31.2. The summed E-state index contributed by atoms with van der Waals surface area (Å²) in [6, 6.07) is 0. The van der Waals surface area contributed by atoms with Gasteiger partial charge in [0, 0.05) is 12.8 Å². The SMILES string of the molecule is CCCCCCCCC/C=C\CCCCCCCCCC(=O)OC(COC(=O)CCCCC)COP(=O)(O)OC1C(O)C(O)C(O)C(O)C1O. The topological polar surface area (TPSA) is 210 Å². The fraction of sp³-hybridized carbons (Fsp3) is 0.889. The molecule has 0 bridgehead atoms. The van der Waals surface area contributed by atoms with Gasteiger partial charge in [-0.3, -0.25) is 18.6 Å². The standard InChI is InChI=1S/C36H67O13P/c1-3-5-7-8-9-10-11-12-13-14-15-16-17-18-19-20-21-23-25-30(38)48-28(26-46-29(37)24-22-6-4-2)27-47-50(44,45)49-36-34(42)32(40)31(39)33(41)35(36)43/h13-14,28,31-36,39-43H,3-12,15-27H2,1-2H3,(H,44,45)/b14-13-. The fourth-order valence-corrected chi connectivity index (χ4v) is 6.66. The summed E-state index contributed by atoms with van der Waals surface area (Å²) < 4.78 is 33.0. The molecule has 6 N–H and O–H groups in total. The summed E-state index contributed by atoms with van der Waals surface area (Å²) in [6.45, 7) is 3.05. The summed E-state index contributed by atoms with van der Waals surface area (Å²) in [7, 11) is -5.09. The third-order valence-electron chi connectivity index (χ3n) is 8.86. The lowest BCUT2D eigenvalue weighted by molar-refractivity contribution is -0.220. The van der Waals surface area contributed by atoms with E-state index in [0.717, 1.165) is 44.9 Å². The van der Waals surface area contributed by atoms with Crippen LogP contribution in [-0.2, 0) is 32.7 Å². The first-order valence-electron chi connectivity index (χ1n) is 19.0. The van der Waals surface area contributed by atoms with Crippen molar-refractivity contribution >= 4 is 19.8 Å². The number of aliphatic hydroxyl groups excluding tert-OH is 5. The third kappa shape index (κ3) is 21.2. The van der Waals surface area contributed by atoms with E-state index in [0.29, 0.717) is 12.8 Å². The largest absolute Gasteiger partial charge is 0.472 e. The Hall–Kier alpha value is -1.41. The maximum absolute atomic E-state index is 12.6. The number of rotatable bonds is 30. The van der Waals surface area contributed by atoms with Gasteiger partial charge >= 0.3 is 19.8 Å². The summed E-state index contributed by atoms with van der Waals surface area (Å²) in [5.41, 5.74) is 0. The molecule has 6 atom stereocenters. The van der Waals surface area contributed by atoms with Crippen molar-refractivity contribution < 1.29 is 63.1 Å². The zero-order valence-corrected chi connectivity index (χ0v) is 31.3. The van der Waals surface area contributed by atoms with Crippen LogP contribution in [0.3, 0.4) is 0 Å². The van der Waals surface area contributed by atoms with Crippen LogP contribution in [0.2, 0.25) is 0 Å². The van der Waals surface area contributed by atoms with Crippen LogP contribution >= 0.6 is 7.82 Å². The van der Waals surface area contributed by atoms with E-state index in [9.17, 15) is 44.6 Å². The molecule has 1 saturated carbocycles. The van der Waals surface area contributed by atoms with Crippen LogP contribution in [0.1, 0.15) is 149 Å². The first-order valence-corrected chi connectivity index (χ1v) is 20.5. The van der Waals surface area contributed by atoms with Crippen molar-refractivity contribution in [3.8, 4) is 0 Å². The number of carbonyl (C=O) groups excluding carboxylic acids is 2. The van der Waals surface area contributed by atoms with E-state index in [1.807, 2.05) is 6.92 Å². The molecule has 0 aromatic heterocycles. The van der Waals surface area contributed by atoms with E-state index in [-0.39, 0.29) is 12.8 Å². The second-order valence-electron chi connectivity index (χ2n) is 13.4. The van der Waals surface area contributed by atoms with Crippen LogP contribution < -0.4 is 0 Å². The number of ether oxygens (including phenoxy) is 2. The van der Waals surface area contributed by atoms with Crippen LogP contribution in [0.15, 0.2) is 12.2 Å². The van der Waals surface area contributed by atoms with E-state index in [4.69, 9.17) is 18.5 Å². The zero-order chi connectivity index (χ0) is 37.2. The molecule has 0 aromatic carbocycles. The molecule has 0 heterocycles. The Balaban J connectivity index is 2.39. The molecule has 6 unspecified atom stereocenters. The summed E-state index contributed by atoms with van der Waals surface area (Å²) in [4.78, 5) is 34.9. The first-order chi connectivity index (χ1) is 23.9. The molecule has 13 nitrogen and oxygen atoms in total. The molecule has 0 amide bonds. The average Bonchev–Trinajstić information content (AvgIpc) is 3.09. The Kier molecular flexibility index (Phi) is 26.2. The van der Waals surface area contributed by atoms with E-state index in [1.54, 1.807) is 0 Å². The van der Waals surface area contributed by atoms with E-state index in [2.05, 4.69) is 19.1 Å². The van der Waals surface area contributed by atoms with Crippen molar-refractivity contribution in [3.63, 3.8) is 0 Å². The van der Waals surface area contributed by atoms with Crippen molar-refractivity contribution in [1.82, 2.24) is 0 Å². The first kappa shape index (κ1) is 46.6. The molecule has 14 heteroatoms. The van der Waals surface area contributed by atoms with Gasteiger partial charge in [-0.05, 0) is 38.5 Å². The quantitative estimate of drug-likeness (QED) is 0.0231. The molecule has 0 radical (unpaired) electrons. The Labute approximate surface area is 299 Å². The van der Waals surface area contributed by atoms with E-state index >= 15 is 0 Å². The molecular weight excluding hydrogens is 671 g/mol. The van der Waals surface area contributed by atoms with Crippen LogP contribution in [0.5, 0.6) is 0 Å². The zero-order valence-electron chi connectivity index (χ0n) is 30.4. The van der Waals surface area contributed by atoms with Gasteiger partial charge in [0.1, 0.15) is 43.2 Å². The van der Waals surface area contributed by atoms with Crippen molar-refractivity contribution in [2.75, 3.05) is 13.2 Å². The number of unbranched alkanes of at least 4 members (excludes halogenated alkanes) is 16. The molecule has 1 aliphatic carbocycles. The third-order valence-corrected chi connectivity index (χ3v) is 9.84. The van der Waals surface area contributed by atoms with Gasteiger partial charge in [-0.15, -0.1) is 0 Å². The fourth-order valence-electron chi connectivity index (χ4n) is 5.69. The smallest absolute Gasteiger partial charge is 0.462 e. The summed E-state index contributed by atoms with van der Waals surface area (Å²) in [5, 5.41) is 49.7. The van der Waals surface area contributed by atoms with Gasteiger partial charge in [0.25, 0.3) is 0 Å². The Bertz CT molecular complexity index is 948. The van der Waals surface area contributed by atoms with Crippen molar-refractivity contribution in [2.24, 2.45) is 0 Å². The van der Waals surface area contributed by atoms with Crippen molar-refractivity contribution in [2.45, 2.75) is 191 Å². The van der Waals surface area contributed by atoms with Gasteiger partial charge in [0.05, 0.1) is 6.61 Å². The number of phosphoric ester groups is 1. The molecule has 1 rings (SSSR count). The number of hydrogen-bond donors (Lipinski definition) is 6. The molecule has 1 fully saturated rings. The minimum Gasteiger partial charge on any atom is -0.462 e. The minimum absolute atomic E-state index is 0.0936. The van der Waals surface area contributed by atoms with Crippen molar-refractivity contribution in [3.05, 3.63) is 12.2 Å². The summed E-state index contributed by atoms with van der Waals surface area (Å²) in [6.07, 6.45) is 12.6. The van der Waals surface area contributed by atoms with Gasteiger partial charge in [-0.2, -0.15) is 0 Å². The molecule has 50 heavy (non-hydrogen) atoms. The van der Waals surface area contributed by atoms with E-state index < -0.39 is 75.7 Å². The lowest BCUT2D eigenvalue weighted by Crippen LogP contribution is -2.64. The van der Waals surface area contributed by atoms with Crippen LogP contribution in [0.4, 0.5) is 0 Å². The lowest BCUT2D eigenvalue weighted by atomic mass is 9.85. The summed E-state index contributed by atoms with van der Waals surface area (Å²) >= 11 is 0. The number of carbonyl (C=O) groups is 2. The molecule has 0 aliphatic heterocycles. The minimum atomic E-state index is -5.09. The average molecular weight is 739 g/mol. The van der Waals surface area contributed by atoms with Gasteiger partial charge in [-0.1, -0.05) is 109 Å². The predicted octanol–water partition coefficient (Wildman–Crippen LogP) is 5.55. The highest BCUT2D eigenvalue weighted by molar-refractivity contribution is 7.47. The number of esters is 2. The van der Waals surface area contributed by atoms with Crippen LogP contribution in [0.25, 0.3) is 0 Å².